The number of aromatic amines is 1. The van der Waals surface area contributed by atoms with E-state index in [9.17, 15) is 14.7 Å². The van der Waals surface area contributed by atoms with Crippen molar-refractivity contribution in [3.05, 3.63) is 92.9 Å². The maximum Gasteiger partial charge on any atom is 0.336 e. The number of aromatic hydroxyl groups is 1. The smallest absolute Gasteiger partial charge is 0.336 e. The van der Waals surface area contributed by atoms with Crippen molar-refractivity contribution in [2.24, 2.45) is 0 Å². The molecule has 0 radical (unpaired) electrons. The lowest BCUT2D eigenvalue weighted by Crippen LogP contribution is -2.31. The van der Waals surface area contributed by atoms with Crippen LogP contribution in [0.3, 0.4) is 0 Å². The lowest BCUT2D eigenvalue weighted by atomic mass is 9.82. The highest BCUT2D eigenvalue weighted by molar-refractivity contribution is 7.98. The van der Waals surface area contributed by atoms with Crippen molar-refractivity contribution in [2.45, 2.75) is 30.7 Å². The van der Waals surface area contributed by atoms with E-state index < -0.39 is 11.9 Å². The third-order valence-corrected chi connectivity index (χ3v) is 6.08. The maximum atomic E-state index is 13.2. The highest BCUT2D eigenvalue weighted by Crippen LogP contribution is 2.40. The zero-order valence-corrected chi connectivity index (χ0v) is 18.5. The van der Waals surface area contributed by atoms with Crippen molar-refractivity contribution in [1.29, 1.82) is 0 Å². The molecule has 0 saturated carbocycles. The molecule has 0 bridgehead atoms. The maximum absolute atomic E-state index is 13.2. The number of nitrogens with one attached hydrogen (secondary N) is 2. The topological polar surface area (TPSA) is 104 Å². The lowest BCUT2D eigenvalue weighted by Gasteiger charge is -2.28. The number of carbonyl (C=O) groups is 1. The summed E-state index contributed by atoms with van der Waals surface area (Å²) in [6.45, 7) is 3.69. The number of H-pyrrole nitrogens is 1. The first-order valence-electron chi connectivity index (χ1n) is 10.2. The van der Waals surface area contributed by atoms with Crippen molar-refractivity contribution in [1.82, 2.24) is 9.97 Å². The normalized spacial score (nSPS) is 15.1. The number of thioether (sulfide) groups is 1. The Labute approximate surface area is 189 Å². The number of benzene rings is 2. The van der Waals surface area contributed by atoms with Gasteiger partial charge in [0.1, 0.15) is 11.6 Å². The largest absolute Gasteiger partial charge is 0.508 e. The van der Waals surface area contributed by atoms with Crippen LogP contribution in [0.15, 0.2) is 75.8 Å². The molecule has 7 nitrogen and oxygen atoms in total. The van der Waals surface area contributed by atoms with Crippen LogP contribution in [0.25, 0.3) is 0 Å². The van der Waals surface area contributed by atoms with Gasteiger partial charge in [-0.25, -0.2) is 9.78 Å². The molecular weight excluding hydrogens is 426 g/mol. The minimum atomic E-state index is -0.721. The molecule has 1 aliphatic rings. The summed E-state index contributed by atoms with van der Waals surface area (Å²) in [7, 11) is 0. The van der Waals surface area contributed by atoms with E-state index in [0.29, 0.717) is 39.1 Å². The van der Waals surface area contributed by atoms with E-state index in [2.05, 4.69) is 15.3 Å². The first-order valence-corrected chi connectivity index (χ1v) is 11.2. The van der Waals surface area contributed by atoms with Crippen LogP contribution in [-0.4, -0.2) is 27.7 Å². The first kappa shape index (κ1) is 21.7. The molecule has 4 rings (SSSR count). The Morgan fingerprint density at radius 1 is 1.19 bits per heavy atom. The number of phenolic OH excluding ortho intramolecular Hbond substituents is 1. The van der Waals surface area contributed by atoms with Gasteiger partial charge in [-0.05, 0) is 37.1 Å². The summed E-state index contributed by atoms with van der Waals surface area (Å²) in [4.78, 5) is 33.5. The summed E-state index contributed by atoms with van der Waals surface area (Å²) in [5.41, 5.74) is 2.56. The summed E-state index contributed by atoms with van der Waals surface area (Å²) in [5, 5.41) is 13.6. The summed E-state index contributed by atoms with van der Waals surface area (Å²) in [6, 6.07) is 16.4. The van der Waals surface area contributed by atoms with Crippen molar-refractivity contribution in [3.63, 3.8) is 0 Å². The Balaban J connectivity index is 1.77. The average molecular weight is 450 g/mol. The van der Waals surface area contributed by atoms with Gasteiger partial charge < -0.3 is 20.1 Å². The van der Waals surface area contributed by atoms with E-state index in [1.807, 2.05) is 30.3 Å². The first-order chi connectivity index (χ1) is 15.5. The molecule has 2 heterocycles. The van der Waals surface area contributed by atoms with Crippen molar-refractivity contribution in [2.75, 3.05) is 11.9 Å². The van der Waals surface area contributed by atoms with E-state index in [1.165, 1.54) is 17.8 Å². The summed E-state index contributed by atoms with van der Waals surface area (Å²) in [6.07, 6.45) is 0. The molecule has 0 spiro atoms. The fourth-order valence-electron chi connectivity index (χ4n) is 3.74. The van der Waals surface area contributed by atoms with Gasteiger partial charge in [0, 0.05) is 11.4 Å². The quantitative estimate of drug-likeness (QED) is 0.295. The number of nitrogens with zero attached hydrogens (tertiary/aromatic N) is 1. The standard InChI is InChI=1S/C24H23N3O4S/c1-3-31-23(30)18-14(2)25-21-20(19(18)16-10-7-11-17(28)12-16)22(29)27-24(26-21)32-13-15-8-5-4-6-9-15/h4-12,19,28H,3,13H2,1-2H3,(H2,25,26,27,29). The second-order valence-electron chi connectivity index (χ2n) is 7.32. The van der Waals surface area contributed by atoms with Gasteiger partial charge in [0.2, 0.25) is 0 Å². The van der Waals surface area contributed by atoms with Crippen LogP contribution in [0.2, 0.25) is 0 Å². The van der Waals surface area contributed by atoms with Crippen molar-refractivity contribution in [3.8, 4) is 5.75 Å². The third kappa shape index (κ3) is 4.40. The van der Waals surface area contributed by atoms with Gasteiger partial charge in [-0.3, -0.25) is 4.79 Å². The molecule has 32 heavy (non-hydrogen) atoms. The van der Waals surface area contributed by atoms with Crippen LogP contribution < -0.4 is 10.9 Å². The fraction of sp³-hybridized carbons (Fsp3) is 0.208. The Kier molecular flexibility index (Phi) is 6.32. The lowest BCUT2D eigenvalue weighted by molar-refractivity contribution is -0.138. The van der Waals surface area contributed by atoms with E-state index in [1.54, 1.807) is 32.0 Å². The molecule has 3 aromatic rings. The summed E-state index contributed by atoms with van der Waals surface area (Å²) >= 11 is 1.42. The van der Waals surface area contributed by atoms with Gasteiger partial charge in [0.25, 0.3) is 5.56 Å². The van der Waals surface area contributed by atoms with Crippen LogP contribution in [0.5, 0.6) is 5.75 Å². The molecule has 1 aromatic heterocycles. The molecule has 3 N–H and O–H groups in total. The van der Waals surface area contributed by atoms with Gasteiger partial charge in [0.05, 0.1) is 23.7 Å². The minimum Gasteiger partial charge on any atom is -0.508 e. The monoisotopic (exact) mass is 449 g/mol. The Bertz CT molecular complexity index is 1240. The zero-order chi connectivity index (χ0) is 22.7. The number of aromatic nitrogens is 2. The van der Waals surface area contributed by atoms with Crippen LogP contribution in [-0.2, 0) is 15.3 Å². The molecule has 8 heteroatoms. The molecule has 1 atom stereocenters. The SMILES string of the molecule is CCOC(=O)C1=C(C)Nc2nc(SCc3ccccc3)[nH]c(=O)c2C1c1cccc(O)c1. The predicted octanol–water partition coefficient (Wildman–Crippen LogP) is 4.16. The van der Waals surface area contributed by atoms with Gasteiger partial charge in [-0.2, -0.15) is 0 Å². The van der Waals surface area contributed by atoms with E-state index in [0.717, 1.165) is 5.56 Å². The van der Waals surface area contributed by atoms with Crippen LogP contribution in [0, 0.1) is 0 Å². The van der Waals surface area contributed by atoms with Crippen LogP contribution >= 0.6 is 11.8 Å². The third-order valence-electron chi connectivity index (χ3n) is 5.14. The number of rotatable bonds is 6. The Morgan fingerprint density at radius 2 is 1.97 bits per heavy atom. The van der Waals surface area contributed by atoms with Gasteiger partial charge in [-0.15, -0.1) is 0 Å². The second-order valence-corrected chi connectivity index (χ2v) is 8.28. The number of phenols is 1. The molecule has 0 saturated heterocycles. The second kappa shape index (κ2) is 9.32. The number of hydrogen-bond donors (Lipinski definition) is 3. The number of fused-ring (bicyclic) bond motifs is 1. The highest BCUT2D eigenvalue weighted by Gasteiger charge is 2.36. The Hall–Kier alpha value is -3.52. The number of carbonyl (C=O) groups excluding carboxylic acids is 1. The van der Waals surface area contributed by atoms with Crippen LogP contribution in [0.1, 0.15) is 36.5 Å². The molecule has 0 fully saturated rings. The van der Waals surface area contributed by atoms with Gasteiger partial charge >= 0.3 is 5.97 Å². The fourth-order valence-corrected chi connectivity index (χ4v) is 4.56. The zero-order valence-electron chi connectivity index (χ0n) is 17.7. The van der Waals surface area contributed by atoms with E-state index >= 15 is 0 Å². The molecule has 1 unspecified atom stereocenters. The number of hydrogen-bond acceptors (Lipinski definition) is 7. The molecule has 0 aliphatic carbocycles. The number of ether oxygens (including phenoxy) is 1. The molecule has 1 aliphatic heterocycles. The summed E-state index contributed by atoms with van der Waals surface area (Å²) < 4.78 is 5.26. The predicted molar refractivity (Wildman–Crippen MR) is 124 cm³/mol. The Morgan fingerprint density at radius 3 is 2.69 bits per heavy atom. The van der Waals surface area contributed by atoms with Crippen LogP contribution in [0.4, 0.5) is 5.82 Å². The highest BCUT2D eigenvalue weighted by atomic mass is 32.2. The summed E-state index contributed by atoms with van der Waals surface area (Å²) in [5.74, 6) is -0.145. The van der Waals surface area contributed by atoms with Crippen molar-refractivity contribution < 1.29 is 14.6 Å². The molecular formula is C24H23N3O4S. The number of allylic oxidation sites excluding steroid dienone is 1. The number of anilines is 1. The average Bonchev–Trinajstić information content (AvgIpc) is 2.77. The molecule has 164 valence electrons. The van der Waals surface area contributed by atoms with E-state index in [4.69, 9.17) is 4.74 Å². The van der Waals surface area contributed by atoms with Crippen molar-refractivity contribution >= 4 is 23.5 Å². The van der Waals surface area contributed by atoms with Gasteiger partial charge in [-0.1, -0.05) is 54.2 Å². The minimum absolute atomic E-state index is 0.0443. The molecule has 2 aromatic carbocycles. The van der Waals surface area contributed by atoms with E-state index in [-0.39, 0.29) is 17.9 Å². The molecule has 0 amide bonds. The van der Waals surface area contributed by atoms with Gasteiger partial charge in [0.15, 0.2) is 5.16 Å². The number of esters is 1.